The minimum absolute atomic E-state index is 0.312. The normalized spacial score (nSPS) is 9.95. The number of nitro benzene ring substituents is 2. The number of hydrogen-bond donors (Lipinski definition) is 1. The first-order valence-electron chi connectivity index (χ1n) is 5.54. The summed E-state index contributed by atoms with van der Waals surface area (Å²) in [6, 6.07) is 4.16. The van der Waals surface area contributed by atoms with Crippen molar-refractivity contribution in [3.05, 3.63) is 71.0 Å². The molecule has 1 aromatic heterocycles. The zero-order valence-electron chi connectivity index (χ0n) is 10.5. The number of non-ortho nitro benzene ring substituents is 1. The number of benzene rings is 1. The molecule has 2 rings (SSSR count). The van der Waals surface area contributed by atoms with Gasteiger partial charge in [0, 0.05) is 12.3 Å². The highest BCUT2D eigenvalue weighted by Crippen LogP contribution is 2.26. The zero-order valence-corrected chi connectivity index (χ0v) is 10.5. The minimum atomic E-state index is -1.01. The second-order valence-corrected chi connectivity index (χ2v) is 3.97. The molecule has 0 aliphatic rings. The SMILES string of the molecule is N#Cc1cn(-c2ccc([N+](=O)[O-])cc2[N+](=O)[O-])c(=O)[nH]c1=O. The lowest BCUT2D eigenvalue weighted by molar-refractivity contribution is -0.394. The van der Waals surface area contributed by atoms with E-state index in [-0.39, 0.29) is 5.69 Å². The number of nitriles is 1. The van der Waals surface area contributed by atoms with E-state index >= 15 is 0 Å². The average molecular weight is 303 g/mol. The van der Waals surface area contributed by atoms with E-state index in [2.05, 4.69) is 0 Å². The van der Waals surface area contributed by atoms with Gasteiger partial charge >= 0.3 is 5.69 Å². The van der Waals surface area contributed by atoms with E-state index < -0.39 is 38.0 Å². The Morgan fingerprint density at radius 1 is 1.18 bits per heavy atom. The van der Waals surface area contributed by atoms with Gasteiger partial charge in [0.05, 0.1) is 15.9 Å². The molecule has 0 aliphatic heterocycles. The van der Waals surface area contributed by atoms with Crippen molar-refractivity contribution in [3.8, 4) is 11.8 Å². The Labute approximate surface area is 120 Å². The lowest BCUT2D eigenvalue weighted by Gasteiger charge is -2.06. The van der Waals surface area contributed by atoms with E-state index in [1.807, 2.05) is 4.98 Å². The van der Waals surface area contributed by atoms with Crippen molar-refractivity contribution >= 4 is 11.4 Å². The highest BCUT2D eigenvalue weighted by Gasteiger charge is 2.22. The molecule has 11 nitrogen and oxygen atoms in total. The Balaban J connectivity index is 2.81. The third-order valence-corrected chi connectivity index (χ3v) is 2.69. The quantitative estimate of drug-likeness (QED) is 0.625. The standard InChI is InChI=1S/C11H5N5O6/c12-4-6-5-14(11(18)13-10(6)17)8-2-1-7(15(19)20)3-9(8)16(21)22/h1-3,5H,(H,13,17,18). The fourth-order valence-corrected chi connectivity index (χ4v) is 1.70. The second-order valence-electron chi connectivity index (χ2n) is 3.97. The molecule has 0 unspecified atom stereocenters. The molecule has 0 saturated carbocycles. The predicted molar refractivity (Wildman–Crippen MR) is 70.7 cm³/mol. The highest BCUT2D eigenvalue weighted by atomic mass is 16.6. The number of nitrogens with zero attached hydrogens (tertiary/aromatic N) is 4. The molecular weight excluding hydrogens is 298 g/mol. The Morgan fingerprint density at radius 3 is 2.41 bits per heavy atom. The fraction of sp³-hybridized carbons (Fsp3) is 0. The van der Waals surface area contributed by atoms with Gasteiger partial charge in [-0.05, 0) is 6.07 Å². The number of aromatic amines is 1. The molecule has 0 saturated heterocycles. The predicted octanol–water partition coefficient (Wildman–Crippen LogP) is 0.214. The van der Waals surface area contributed by atoms with Crippen LogP contribution in [0.15, 0.2) is 34.0 Å². The van der Waals surface area contributed by atoms with Crippen LogP contribution in [0, 0.1) is 31.6 Å². The topological polar surface area (TPSA) is 165 Å². The van der Waals surface area contributed by atoms with Crippen LogP contribution in [-0.2, 0) is 0 Å². The van der Waals surface area contributed by atoms with Crippen LogP contribution in [0.2, 0.25) is 0 Å². The molecule has 0 fully saturated rings. The van der Waals surface area contributed by atoms with Crippen molar-refractivity contribution in [3.63, 3.8) is 0 Å². The van der Waals surface area contributed by atoms with Gasteiger partial charge in [-0.3, -0.25) is 34.6 Å². The van der Waals surface area contributed by atoms with Gasteiger partial charge in [0.15, 0.2) is 0 Å². The Hall–Kier alpha value is -3.81. The summed E-state index contributed by atoms with van der Waals surface area (Å²) in [6.45, 7) is 0. The smallest absolute Gasteiger partial charge is 0.273 e. The summed E-state index contributed by atoms with van der Waals surface area (Å²) in [5.74, 6) is 0. The molecule has 11 heteroatoms. The molecule has 2 aromatic rings. The fourth-order valence-electron chi connectivity index (χ4n) is 1.70. The van der Waals surface area contributed by atoms with Crippen LogP contribution in [0.5, 0.6) is 0 Å². The maximum atomic E-state index is 11.7. The third-order valence-electron chi connectivity index (χ3n) is 2.69. The number of nitro groups is 2. The number of aromatic nitrogens is 2. The summed E-state index contributed by atoms with van der Waals surface area (Å²) in [4.78, 5) is 44.8. The van der Waals surface area contributed by atoms with E-state index in [0.717, 1.165) is 18.3 Å². The molecule has 1 heterocycles. The zero-order chi connectivity index (χ0) is 16.4. The van der Waals surface area contributed by atoms with Crippen LogP contribution < -0.4 is 11.2 Å². The van der Waals surface area contributed by atoms with E-state index in [9.17, 15) is 29.8 Å². The summed E-state index contributed by atoms with van der Waals surface area (Å²) in [7, 11) is 0. The average Bonchev–Trinajstić information content (AvgIpc) is 2.46. The van der Waals surface area contributed by atoms with E-state index in [1.165, 1.54) is 6.07 Å². The summed E-state index contributed by atoms with van der Waals surface area (Å²) in [6.07, 6.45) is 0.829. The largest absolute Gasteiger partial charge is 0.333 e. The molecule has 0 atom stereocenters. The lowest BCUT2D eigenvalue weighted by atomic mass is 10.2. The second kappa shape index (κ2) is 5.29. The van der Waals surface area contributed by atoms with Gasteiger partial charge in [-0.1, -0.05) is 0 Å². The minimum Gasteiger partial charge on any atom is -0.273 e. The van der Waals surface area contributed by atoms with E-state index in [4.69, 9.17) is 5.26 Å². The van der Waals surface area contributed by atoms with Crippen molar-refractivity contribution in [1.29, 1.82) is 5.26 Å². The maximum Gasteiger partial charge on any atom is 0.333 e. The molecule has 110 valence electrons. The summed E-state index contributed by atoms with van der Waals surface area (Å²) >= 11 is 0. The molecule has 0 radical (unpaired) electrons. The van der Waals surface area contributed by atoms with Gasteiger partial charge in [0.2, 0.25) is 0 Å². The van der Waals surface area contributed by atoms with Crippen molar-refractivity contribution < 1.29 is 9.85 Å². The van der Waals surface area contributed by atoms with Crippen LogP contribution in [0.25, 0.3) is 5.69 Å². The van der Waals surface area contributed by atoms with Gasteiger partial charge < -0.3 is 0 Å². The molecule has 0 spiro atoms. The third kappa shape index (κ3) is 2.43. The Kier molecular flexibility index (Phi) is 3.51. The molecule has 1 N–H and O–H groups in total. The van der Waals surface area contributed by atoms with Crippen LogP contribution in [-0.4, -0.2) is 19.4 Å². The van der Waals surface area contributed by atoms with Gasteiger partial charge in [-0.2, -0.15) is 5.26 Å². The summed E-state index contributed by atoms with van der Waals surface area (Å²) in [5.41, 5.74) is -3.95. The van der Waals surface area contributed by atoms with Gasteiger partial charge in [0.1, 0.15) is 17.3 Å². The van der Waals surface area contributed by atoms with Crippen molar-refractivity contribution in [2.75, 3.05) is 0 Å². The maximum absolute atomic E-state index is 11.7. The Bertz CT molecular complexity index is 951. The van der Waals surface area contributed by atoms with Crippen molar-refractivity contribution in [1.82, 2.24) is 9.55 Å². The molecule has 22 heavy (non-hydrogen) atoms. The molecule has 1 aromatic carbocycles. The van der Waals surface area contributed by atoms with Gasteiger partial charge in [-0.25, -0.2) is 4.79 Å². The van der Waals surface area contributed by atoms with Crippen LogP contribution in [0.1, 0.15) is 5.56 Å². The molecule has 0 amide bonds. The monoisotopic (exact) mass is 303 g/mol. The van der Waals surface area contributed by atoms with E-state index in [1.54, 1.807) is 0 Å². The summed E-state index contributed by atoms with van der Waals surface area (Å²) in [5, 5.41) is 30.5. The summed E-state index contributed by atoms with van der Waals surface area (Å²) < 4.78 is 0.668. The first-order chi connectivity index (χ1) is 10.3. The molecular formula is C11H5N5O6. The number of H-pyrrole nitrogens is 1. The number of rotatable bonds is 3. The van der Waals surface area contributed by atoms with Gasteiger partial charge in [-0.15, -0.1) is 0 Å². The number of hydrogen-bond acceptors (Lipinski definition) is 7. The molecule has 0 bridgehead atoms. The first-order valence-corrected chi connectivity index (χ1v) is 5.54. The van der Waals surface area contributed by atoms with Crippen molar-refractivity contribution in [2.45, 2.75) is 0 Å². The van der Waals surface area contributed by atoms with Crippen LogP contribution in [0.4, 0.5) is 11.4 Å². The number of nitrogens with one attached hydrogen (secondary N) is 1. The van der Waals surface area contributed by atoms with Crippen molar-refractivity contribution in [2.24, 2.45) is 0 Å². The first kappa shape index (κ1) is 14.6. The van der Waals surface area contributed by atoms with Crippen LogP contribution >= 0.6 is 0 Å². The molecule has 0 aliphatic carbocycles. The van der Waals surface area contributed by atoms with Gasteiger partial charge in [0.25, 0.3) is 16.9 Å². The highest BCUT2D eigenvalue weighted by molar-refractivity contribution is 5.58. The lowest BCUT2D eigenvalue weighted by Crippen LogP contribution is -2.30. The Morgan fingerprint density at radius 2 is 1.86 bits per heavy atom. The van der Waals surface area contributed by atoms with E-state index in [0.29, 0.717) is 10.6 Å². The van der Waals surface area contributed by atoms with Crippen LogP contribution in [0.3, 0.4) is 0 Å².